The average molecular weight is 252 g/mol. The van der Waals surface area contributed by atoms with Gasteiger partial charge in [0.25, 0.3) is 0 Å². The number of ether oxygens (including phenoxy) is 1. The summed E-state index contributed by atoms with van der Waals surface area (Å²) in [5, 5.41) is 11.9. The summed E-state index contributed by atoms with van der Waals surface area (Å²) in [6.45, 7) is 3.77. The van der Waals surface area contributed by atoms with Gasteiger partial charge in [0.05, 0.1) is 6.61 Å². The SMILES string of the molecule is CCOC(=O)CCCNCc1ccc(C#N)s1. The van der Waals surface area contributed by atoms with Gasteiger partial charge in [0.2, 0.25) is 0 Å². The molecule has 0 bridgehead atoms. The third kappa shape index (κ3) is 5.48. The van der Waals surface area contributed by atoms with Gasteiger partial charge in [-0.1, -0.05) is 0 Å². The first-order valence-corrected chi connectivity index (χ1v) is 6.43. The molecule has 0 saturated heterocycles. The number of hydrogen-bond acceptors (Lipinski definition) is 5. The Labute approximate surface area is 105 Å². The third-order valence-electron chi connectivity index (χ3n) is 2.11. The molecule has 0 saturated carbocycles. The van der Waals surface area contributed by atoms with Crippen molar-refractivity contribution in [2.45, 2.75) is 26.3 Å². The zero-order valence-electron chi connectivity index (χ0n) is 9.86. The zero-order chi connectivity index (χ0) is 12.5. The van der Waals surface area contributed by atoms with E-state index in [4.69, 9.17) is 10.00 Å². The summed E-state index contributed by atoms with van der Waals surface area (Å²) in [6.07, 6.45) is 1.23. The second kappa shape index (κ2) is 7.82. The Hall–Kier alpha value is -1.38. The molecule has 1 heterocycles. The van der Waals surface area contributed by atoms with Crippen LogP contribution in [0, 0.1) is 11.3 Å². The lowest BCUT2D eigenvalue weighted by molar-refractivity contribution is -0.143. The minimum absolute atomic E-state index is 0.141. The lowest BCUT2D eigenvalue weighted by Crippen LogP contribution is -2.15. The first kappa shape index (κ1) is 13.7. The molecule has 0 aliphatic heterocycles. The van der Waals surface area contributed by atoms with E-state index in [2.05, 4.69) is 11.4 Å². The fourth-order valence-electron chi connectivity index (χ4n) is 1.34. The highest BCUT2D eigenvalue weighted by molar-refractivity contribution is 7.12. The van der Waals surface area contributed by atoms with Gasteiger partial charge < -0.3 is 10.1 Å². The molecule has 1 aromatic heterocycles. The van der Waals surface area contributed by atoms with Crippen LogP contribution in [0.3, 0.4) is 0 Å². The van der Waals surface area contributed by atoms with Crippen molar-refractivity contribution in [1.29, 1.82) is 5.26 Å². The van der Waals surface area contributed by atoms with Gasteiger partial charge in [-0.05, 0) is 32.0 Å². The summed E-state index contributed by atoms with van der Waals surface area (Å²) in [6, 6.07) is 5.87. The van der Waals surface area contributed by atoms with Crippen LogP contribution in [-0.4, -0.2) is 19.1 Å². The molecule has 0 amide bonds. The highest BCUT2D eigenvalue weighted by Gasteiger charge is 2.01. The van der Waals surface area contributed by atoms with Crippen LogP contribution in [-0.2, 0) is 16.1 Å². The molecular formula is C12H16N2O2S. The first-order chi connectivity index (χ1) is 8.26. The van der Waals surface area contributed by atoms with E-state index in [0.29, 0.717) is 13.0 Å². The molecule has 0 radical (unpaired) electrons. The molecule has 0 atom stereocenters. The first-order valence-electron chi connectivity index (χ1n) is 5.61. The summed E-state index contributed by atoms with van der Waals surface area (Å²) in [5.74, 6) is -0.141. The maximum absolute atomic E-state index is 11.0. The molecule has 92 valence electrons. The van der Waals surface area contributed by atoms with E-state index < -0.39 is 0 Å². The van der Waals surface area contributed by atoms with Crippen LogP contribution in [0.25, 0.3) is 0 Å². The van der Waals surface area contributed by atoms with Crippen LogP contribution >= 0.6 is 11.3 Å². The quantitative estimate of drug-likeness (QED) is 0.596. The lowest BCUT2D eigenvalue weighted by atomic mass is 10.3. The van der Waals surface area contributed by atoms with Gasteiger partial charge in [0.15, 0.2) is 0 Å². The predicted octanol–water partition coefficient (Wildman–Crippen LogP) is 2.05. The number of rotatable bonds is 7. The van der Waals surface area contributed by atoms with E-state index in [-0.39, 0.29) is 5.97 Å². The fourth-order valence-corrected chi connectivity index (χ4v) is 2.11. The van der Waals surface area contributed by atoms with Crippen molar-refractivity contribution in [3.63, 3.8) is 0 Å². The van der Waals surface area contributed by atoms with Crippen LogP contribution in [0.4, 0.5) is 0 Å². The van der Waals surface area contributed by atoms with Crippen LogP contribution in [0.1, 0.15) is 29.5 Å². The van der Waals surface area contributed by atoms with E-state index in [9.17, 15) is 4.79 Å². The van der Waals surface area contributed by atoms with E-state index >= 15 is 0 Å². The maximum Gasteiger partial charge on any atom is 0.305 e. The van der Waals surface area contributed by atoms with Crippen LogP contribution in [0.2, 0.25) is 0 Å². The summed E-state index contributed by atoms with van der Waals surface area (Å²) < 4.78 is 4.82. The predicted molar refractivity (Wildman–Crippen MR) is 66.6 cm³/mol. The Morgan fingerprint density at radius 3 is 3.06 bits per heavy atom. The van der Waals surface area contributed by atoms with Crippen LogP contribution < -0.4 is 5.32 Å². The normalized spacial score (nSPS) is 9.88. The number of nitrogens with one attached hydrogen (secondary N) is 1. The number of nitriles is 1. The summed E-state index contributed by atoms with van der Waals surface area (Å²) in [5.41, 5.74) is 0. The van der Waals surface area contributed by atoms with Crippen LogP contribution in [0.15, 0.2) is 12.1 Å². The molecule has 1 aromatic rings. The Balaban J connectivity index is 2.08. The smallest absolute Gasteiger partial charge is 0.305 e. The zero-order valence-corrected chi connectivity index (χ0v) is 10.7. The Kier molecular flexibility index (Phi) is 6.30. The van der Waals surface area contributed by atoms with Gasteiger partial charge in [-0.3, -0.25) is 4.79 Å². The standard InChI is InChI=1S/C12H16N2O2S/c1-2-16-12(15)4-3-7-14-9-11-6-5-10(8-13)17-11/h5-6,14H,2-4,7,9H2,1H3. The minimum Gasteiger partial charge on any atom is -0.466 e. The largest absolute Gasteiger partial charge is 0.466 e. The summed E-state index contributed by atoms with van der Waals surface area (Å²) in [7, 11) is 0. The second-order valence-corrected chi connectivity index (χ2v) is 4.63. The van der Waals surface area contributed by atoms with Crippen molar-refractivity contribution >= 4 is 17.3 Å². The highest BCUT2D eigenvalue weighted by atomic mass is 32.1. The lowest BCUT2D eigenvalue weighted by Gasteiger charge is -2.03. The fraction of sp³-hybridized carbons (Fsp3) is 0.500. The number of nitrogens with zero attached hydrogens (tertiary/aromatic N) is 1. The van der Waals surface area contributed by atoms with Gasteiger partial charge in [-0.25, -0.2) is 0 Å². The average Bonchev–Trinajstić information content (AvgIpc) is 2.77. The van der Waals surface area contributed by atoms with Crippen molar-refractivity contribution in [2.75, 3.05) is 13.2 Å². The monoisotopic (exact) mass is 252 g/mol. The number of carbonyl (C=O) groups is 1. The molecule has 1 N–H and O–H groups in total. The number of thiophene rings is 1. The van der Waals surface area contributed by atoms with Crippen molar-refractivity contribution in [3.05, 3.63) is 21.9 Å². The number of esters is 1. The van der Waals surface area contributed by atoms with Crippen molar-refractivity contribution in [1.82, 2.24) is 5.32 Å². The molecule has 0 unspecified atom stereocenters. The molecule has 0 aliphatic carbocycles. The van der Waals surface area contributed by atoms with E-state index in [1.165, 1.54) is 11.3 Å². The maximum atomic E-state index is 11.0. The Bertz CT molecular complexity index is 395. The Morgan fingerprint density at radius 2 is 2.41 bits per heavy atom. The molecule has 5 heteroatoms. The molecule has 0 aromatic carbocycles. The minimum atomic E-state index is -0.141. The number of hydrogen-bond donors (Lipinski definition) is 1. The summed E-state index contributed by atoms with van der Waals surface area (Å²) >= 11 is 1.49. The van der Waals surface area contributed by atoms with Gasteiger partial charge in [0, 0.05) is 17.8 Å². The van der Waals surface area contributed by atoms with Crippen molar-refractivity contribution in [3.8, 4) is 6.07 Å². The van der Waals surface area contributed by atoms with Crippen LogP contribution in [0.5, 0.6) is 0 Å². The van der Waals surface area contributed by atoms with Gasteiger partial charge in [0.1, 0.15) is 10.9 Å². The van der Waals surface area contributed by atoms with Crippen molar-refractivity contribution in [2.24, 2.45) is 0 Å². The highest BCUT2D eigenvalue weighted by Crippen LogP contribution is 2.14. The molecule has 17 heavy (non-hydrogen) atoms. The molecule has 0 spiro atoms. The molecular weight excluding hydrogens is 236 g/mol. The molecule has 1 rings (SSSR count). The molecule has 0 aliphatic rings. The second-order valence-electron chi connectivity index (χ2n) is 3.46. The van der Waals surface area contributed by atoms with Crippen molar-refractivity contribution < 1.29 is 9.53 Å². The third-order valence-corrected chi connectivity index (χ3v) is 3.10. The van der Waals surface area contributed by atoms with Gasteiger partial charge in [-0.2, -0.15) is 5.26 Å². The van der Waals surface area contributed by atoms with Gasteiger partial charge in [-0.15, -0.1) is 11.3 Å². The molecule has 0 fully saturated rings. The Morgan fingerprint density at radius 1 is 1.59 bits per heavy atom. The molecule has 4 nitrogen and oxygen atoms in total. The van der Waals surface area contributed by atoms with E-state index in [1.807, 2.05) is 12.1 Å². The van der Waals surface area contributed by atoms with E-state index in [1.54, 1.807) is 6.92 Å². The number of carbonyl (C=O) groups excluding carboxylic acids is 1. The van der Waals surface area contributed by atoms with Gasteiger partial charge >= 0.3 is 5.97 Å². The topological polar surface area (TPSA) is 62.1 Å². The van der Waals surface area contributed by atoms with E-state index in [0.717, 1.165) is 29.3 Å². The summed E-state index contributed by atoms with van der Waals surface area (Å²) in [4.78, 5) is 12.9.